The zero-order valence-electron chi connectivity index (χ0n) is 9.18. The van der Waals surface area contributed by atoms with Gasteiger partial charge in [0.05, 0.1) is 6.54 Å². The van der Waals surface area contributed by atoms with Gasteiger partial charge in [0.15, 0.2) is 0 Å². The molecule has 0 saturated heterocycles. The van der Waals surface area contributed by atoms with Crippen LogP contribution in [-0.4, -0.2) is 19.3 Å². The normalized spacial score (nSPS) is 14.0. The molecule has 0 bridgehead atoms. The molecule has 16 heavy (non-hydrogen) atoms. The summed E-state index contributed by atoms with van der Waals surface area (Å²) in [6.07, 6.45) is -2.23. The van der Waals surface area contributed by atoms with Gasteiger partial charge in [-0.3, -0.25) is 0 Å². The number of alkyl halides is 3. The third kappa shape index (κ3) is 6.12. The SMILES string of the molecule is CC(CCc1cccs1)CNCC(F)(F)F. The first-order valence-corrected chi connectivity index (χ1v) is 6.15. The summed E-state index contributed by atoms with van der Waals surface area (Å²) < 4.78 is 35.6. The average molecular weight is 251 g/mol. The van der Waals surface area contributed by atoms with Gasteiger partial charge < -0.3 is 5.32 Å². The molecule has 1 rings (SSSR count). The van der Waals surface area contributed by atoms with E-state index in [4.69, 9.17) is 0 Å². The van der Waals surface area contributed by atoms with E-state index in [1.54, 1.807) is 11.3 Å². The lowest BCUT2D eigenvalue weighted by Crippen LogP contribution is -2.32. The van der Waals surface area contributed by atoms with E-state index in [1.807, 2.05) is 18.4 Å². The van der Waals surface area contributed by atoms with E-state index in [0.29, 0.717) is 6.54 Å². The molecule has 92 valence electrons. The van der Waals surface area contributed by atoms with Crippen molar-refractivity contribution < 1.29 is 13.2 Å². The summed E-state index contributed by atoms with van der Waals surface area (Å²) in [5, 5.41) is 4.45. The van der Waals surface area contributed by atoms with Crippen LogP contribution in [0.5, 0.6) is 0 Å². The summed E-state index contributed by atoms with van der Waals surface area (Å²) in [4.78, 5) is 1.29. The van der Waals surface area contributed by atoms with Gasteiger partial charge in [0, 0.05) is 4.88 Å². The molecular weight excluding hydrogens is 235 g/mol. The lowest BCUT2D eigenvalue weighted by Gasteiger charge is -2.13. The molecule has 0 radical (unpaired) electrons. The van der Waals surface area contributed by atoms with E-state index in [0.717, 1.165) is 12.8 Å². The molecule has 0 saturated carbocycles. The molecular formula is C11H16F3NS. The van der Waals surface area contributed by atoms with E-state index < -0.39 is 12.7 Å². The van der Waals surface area contributed by atoms with Crippen molar-refractivity contribution in [1.82, 2.24) is 5.32 Å². The first-order valence-electron chi connectivity index (χ1n) is 5.27. The molecule has 1 atom stereocenters. The van der Waals surface area contributed by atoms with Crippen molar-refractivity contribution in [3.05, 3.63) is 22.4 Å². The third-order valence-electron chi connectivity index (χ3n) is 2.28. The van der Waals surface area contributed by atoms with Crippen LogP contribution in [0, 0.1) is 5.92 Å². The van der Waals surface area contributed by atoms with E-state index in [9.17, 15) is 13.2 Å². The van der Waals surface area contributed by atoms with Crippen molar-refractivity contribution in [1.29, 1.82) is 0 Å². The quantitative estimate of drug-likeness (QED) is 0.816. The van der Waals surface area contributed by atoms with Gasteiger partial charge in [-0.15, -0.1) is 11.3 Å². The van der Waals surface area contributed by atoms with Crippen molar-refractivity contribution in [2.75, 3.05) is 13.1 Å². The van der Waals surface area contributed by atoms with Crippen molar-refractivity contribution in [3.8, 4) is 0 Å². The van der Waals surface area contributed by atoms with Gasteiger partial charge in [-0.2, -0.15) is 13.2 Å². The second kappa shape index (κ2) is 6.25. The highest BCUT2D eigenvalue weighted by Gasteiger charge is 2.26. The molecule has 1 aromatic rings. The van der Waals surface area contributed by atoms with Crippen molar-refractivity contribution in [3.63, 3.8) is 0 Å². The number of hydrogen-bond donors (Lipinski definition) is 1. The van der Waals surface area contributed by atoms with Crippen LogP contribution in [0.1, 0.15) is 18.2 Å². The summed E-state index contributed by atoms with van der Waals surface area (Å²) >= 11 is 1.69. The topological polar surface area (TPSA) is 12.0 Å². The van der Waals surface area contributed by atoms with Crippen LogP contribution in [0.2, 0.25) is 0 Å². The van der Waals surface area contributed by atoms with E-state index in [1.165, 1.54) is 4.88 Å². The van der Waals surface area contributed by atoms with Crippen LogP contribution < -0.4 is 5.32 Å². The van der Waals surface area contributed by atoms with E-state index >= 15 is 0 Å². The van der Waals surface area contributed by atoms with Gasteiger partial charge >= 0.3 is 6.18 Å². The molecule has 1 heterocycles. The Kier molecular flexibility index (Phi) is 5.28. The maximum absolute atomic E-state index is 11.9. The Morgan fingerprint density at radius 1 is 1.44 bits per heavy atom. The Morgan fingerprint density at radius 2 is 2.19 bits per heavy atom. The van der Waals surface area contributed by atoms with Gasteiger partial charge in [-0.1, -0.05) is 13.0 Å². The first-order chi connectivity index (χ1) is 7.47. The number of aryl methyl sites for hydroxylation is 1. The fourth-order valence-electron chi connectivity index (χ4n) is 1.41. The average Bonchev–Trinajstić information content (AvgIpc) is 2.65. The predicted molar refractivity (Wildman–Crippen MR) is 60.7 cm³/mol. The van der Waals surface area contributed by atoms with E-state index in [2.05, 4.69) is 11.4 Å². The fraction of sp³-hybridized carbons (Fsp3) is 0.636. The minimum Gasteiger partial charge on any atom is -0.308 e. The molecule has 5 heteroatoms. The van der Waals surface area contributed by atoms with E-state index in [-0.39, 0.29) is 5.92 Å². The van der Waals surface area contributed by atoms with Gasteiger partial charge in [-0.05, 0) is 36.8 Å². The lowest BCUT2D eigenvalue weighted by atomic mass is 10.1. The second-order valence-corrected chi connectivity index (χ2v) is 5.00. The number of rotatable bonds is 6. The number of nitrogens with one attached hydrogen (secondary N) is 1. The Labute approximate surface area is 97.7 Å². The Morgan fingerprint density at radius 3 is 2.75 bits per heavy atom. The fourth-order valence-corrected chi connectivity index (χ4v) is 2.13. The minimum absolute atomic E-state index is 0.268. The lowest BCUT2D eigenvalue weighted by molar-refractivity contribution is -0.125. The maximum atomic E-state index is 11.9. The van der Waals surface area contributed by atoms with Crippen molar-refractivity contribution in [2.45, 2.75) is 25.9 Å². The largest absolute Gasteiger partial charge is 0.401 e. The summed E-state index contributed by atoms with van der Waals surface area (Å²) in [5.41, 5.74) is 0. The van der Waals surface area contributed by atoms with Gasteiger partial charge in [0.25, 0.3) is 0 Å². The molecule has 0 aliphatic heterocycles. The van der Waals surface area contributed by atoms with Gasteiger partial charge in [-0.25, -0.2) is 0 Å². The van der Waals surface area contributed by atoms with Crippen LogP contribution in [0.4, 0.5) is 13.2 Å². The smallest absolute Gasteiger partial charge is 0.308 e. The molecule has 1 N–H and O–H groups in total. The highest BCUT2D eigenvalue weighted by molar-refractivity contribution is 7.09. The van der Waals surface area contributed by atoms with Gasteiger partial charge in [0.2, 0.25) is 0 Å². The molecule has 0 fully saturated rings. The molecule has 1 unspecified atom stereocenters. The molecule has 1 nitrogen and oxygen atoms in total. The van der Waals surface area contributed by atoms with Crippen LogP contribution in [-0.2, 0) is 6.42 Å². The second-order valence-electron chi connectivity index (χ2n) is 3.97. The molecule has 0 aliphatic carbocycles. The molecule has 0 aromatic carbocycles. The molecule has 0 aliphatic rings. The zero-order chi connectivity index (χ0) is 12.0. The third-order valence-corrected chi connectivity index (χ3v) is 3.22. The molecule has 0 spiro atoms. The van der Waals surface area contributed by atoms with Crippen LogP contribution >= 0.6 is 11.3 Å². The Bertz CT molecular complexity index is 282. The van der Waals surface area contributed by atoms with Crippen LogP contribution in [0.3, 0.4) is 0 Å². The molecule has 0 amide bonds. The summed E-state index contributed by atoms with van der Waals surface area (Å²) in [6, 6.07) is 4.05. The number of halogens is 3. The van der Waals surface area contributed by atoms with Crippen molar-refractivity contribution >= 4 is 11.3 Å². The standard InChI is InChI=1S/C11H16F3NS/c1-9(7-15-8-11(12,13)14)4-5-10-3-2-6-16-10/h2-3,6,9,15H,4-5,7-8H2,1H3. The Hall–Kier alpha value is -0.550. The maximum Gasteiger partial charge on any atom is 0.401 e. The highest BCUT2D eigenvalue weighted by atomic mass is 32.1. The summed E-state index contributed by atoms with van der Waals surface area (Å²) in [6.45, 7) is 1.50. The number of thiophene rings is 1. The monoisotopic (exact) mass is 251 g/mol. The number of hydrogen-bond acceptors (Lipinski definition) is 2. The minimum atomic E-state index is -4.10. The zero-order valence-corrected chi connectivity index (χ0v) is 10.00. The van der Waals surface area contributed by atoms with Crippen molar-refractivity contribution in [2.24, 2.45) is 5.92 Å². The highest BCUT2D eigenvalue weighted by Crippen LogP contribution is 2.15. The summed E-state index contributed by atoms with van der Waals surface area (Å²) in [5.74, 6) is 0.268. The predicted octanol–water partition coefficient (Wildman–Crippen LogP) is 3.47. The summed E-state index contributed by atoms with van der Waals surface area (Å²) in [7, 11) is 0. The Balaban J connectivity index is 2.09. The van der Waals surface area contributed by atoms with Gasteiger partial charge in [0.1, 0.15) is 0 Å². The molecule has 1 aromatic heterocycles. The first kappa shape index (κ1) is 13.5. The van der Waals surface area contributed by atoms with Crippen LogP contribution in [0.25, 0.3) is 0 Å². The van der Waals surface area contributed by atoms with Crippen LogP contribution in [0.15, 0.2) is 17.5 Å².